The number of carbonyl (C=O) groups is 4. The van der Waals surface area contributed by atoms with Gasteiger partial charge in [0.25, 0.3) is 5.91 Å². The highest BCUT2D eigenvalue weighted by atomic mass is 16.5. The number of esters is 1. The molecule has 136 valence electrons. The van der Waals surface area contributed by atoms with E-state index in [1.807, 2.05) is 0 Å². The highest BCUT2D eigenvalue weighted by Gasteiger charge is 2.26. The van der Waals surface area contributed by atoms with Gasteiger partial charge < -0.3 is 15.4 Å². The van der Waals surface area contributed by atoms with Crippen LogP contribution in [0.4, 0.5) is 10.5 Å². The molecule has 1 unspecified atom stereocenters. The standard InChI is InChI=1S/C17H18N4O5/c1-10(15(23)21-17(25)20-13-6-7-13)26-16(24)11-2-4-12(5-3-11)19-14(22)8-9-18/h2-5,10,13H,6-8H2,1H3,(H,19,22)(H2,20,21,23,25). The van der Waals surface area contributed by atoms with Crippen molar-refractivity contribution in [1.82, 2.24) is 10.6 Å². The van der Waals surface area contributed by atoms with Crippen molar-refractivity contribution in [2.45, 2.75) is 38.3 Å². The molecule has 3 N–H and O–H groups in total. The fourth-order valence-electron chi connectivity index (χ4n) is 1.91. The van der Waals surface area contributed by atoms with Crippen LogP contribution < -0.4 is 16.0 Å². The Morgan fingerprint density at radius 1 is 1.23 bits per heavy atom. The molecule has 1 fully saturated rings. The Morgan fingerprint density at radius 2 is 1.88 bits per heavy atom. The van der Waals surface area contributed by atoms with Gasteiger partial charge in [0.05, 0.1) is 11.6 Å². The lowest BCUT2D eigenvalue weighted by molar-refractivity contribution is -0.127. The first-order valence-corrected chi connectivity index (χ1v) is 7.98. The van der Waals surface area contributed by atoms with Gasteiger partial charge in [-0.2, -0.15) is 5.26 Å². The molecule has 0 bridgehead atoms. The molecule has 1 aromatic rings. The molecular formula is C17H18N4O5. The Morgan fingerprint density at radius 3 is 2.46 bits per heavy atom. The van der Waals surface area contributed by atoms with Gasteiger partial charge in [-0.15, -0.1) is 0 Å². The number of urea groups is 1. The summed E-state index contributed by atoms with van der Waals surface area (Å²) in [5, 5.41) is 15.6. The largest absolute Gasteiger partial charge is 0.449 e. The predicted octanol–water partition coefficient (Wildman–Crippen LogP) is 1.07. The van der Waals surface area contributed by atoms with E-state index in [2.05, 4.69) is 16.0 Å². The molecule has 1 aromatic carbocycles. The summed E-state index contributed by atoms with van der Waals surface area (Å²) < 4.78 is 5.02. The van der Waals surface area contributed by atoms with Crippen LogP contribution in [0, 0.1) is 11.3 Å². The molecule has 26 heavy (non-hydrogen) atoms. The summed E-state index contributed by atoms with van der Waals surface area (Å²) in [6.45, 7) is 1.36. The SMILES string of the molecule is CC(OC(=O)c1ccc(NC(=O)CC#N)cc1)C(=O)NC(=O)NC1CC1. The van der Waals surface area contributed by atoms with Crippen LogP contribution in [0.3, 0.4) is 0 Å². The molecule has 0 radical (unpaired) electrons. The maximum Gasteiger partial charge on any atom is 0.338 e. The number of benzene rings is 1. The van der Waals surface area contributed by atoms with E-state index in [4.69, 9.17) is 10.00 Å². The van der Waals surface area contributed by atoms with Gasteiger partial charge >= 0.3 is 12.0 Å². The zero-order chi connectivity index (χ0) is 19.1. The van der Waals surface area contributed by atoms with Gasteiger partial charge in [-0.1, -0.05) is 0 Å². The number of nitriles is 1. The first kappa shape index (κ1) is 18.9. The minimum Gasteiger partial charge on any atom is -0.449 e. The molecule has 1 saturated carbocycles. The summed E-state index contributed by atoms with van der Waals surface area (Å²) in [5.41, 5.74) is 0.592. The fourth-order valence-corrected chi connectivity index (χ4v) is 1.91. The quantitative estimate of drug-likeness (QED) is 0.651. The van der Waals surface area contributed by atoms with Crippen LogP contribution in [0.1, 0.15) is 36.5 Å². The van der Waals surface area contributed by atoms with Crippen LogP contribution in [0.25, 0.3) is 0 Å². The van der Waals surface area contributed by atoms with Gasteiger partial charge in [-0.25, -0.2) is 9.59 Å². The summed E-state index contributed by atoms with van der Waals surface area (Å²) in [6, 6.07) is 6.98. The smallest absolute Gasteiger partial charge is 0.338 e. The molecule has 9 nitrogen and oxygen atoms in total. The molecule has 1 atom stereocenters. The van der Waals surface area contributed by atoms with Gasteiger partial charge in [-0.05, 0) is 44.0 Å². The third kappa shape index (κ3) is 5.90. The molecule has 2 rings (SSSR count). The summed E-state index contributed by atoms with van der Waals surface area (Å²) in [6.07, 6.45) is 0.352. The van der Waals surface area contributed by atoms with Crippen LogP contribution in [0.15, 0.2) is 24.3 Å². The molecule has 9 heteroatoms. The van der Waals surface area contributed by atoms with Crippen molar-refractivity contribution in [3.05, 3.63) is 29.8 Å². The predicted molar refractivity (Wildman–Crippen MR) is 89.9 cm³/mol. The summed E-state index contributed by atoms with van der Waals surface area (Å²) in [4.78, 5) is 46.7. The third-order valence-corrected chi connectivity index (χ3v) is 3.45. The molecular weight excluding hydrogens is 340 g/mol. The Balaban J connectivity index is 1.83. The fraction of sp³-hybridized carbons (Fsp3) is 0.353. The van der Waals surface area contributed by atoms with Gasteiger partial charge in [-0.3, -0.25) is 14.9 Å². The number of hydrogen-bond acceptors (Lipinski definition) is 6. The van der Waals surface area contributed by atoms with E-state index in [1.54, 1.807) is 6.07 Å². The van der Waals surface area contributed by atoms with Gasteiger partial charge in [0.2, 0.25) is 5.91 Å². The average molecular weight is 358 g/mol. The summed E-state index contributed by atoms with van der Waals surface area (Å²) >= 11 is 0. The van der Waals surface area contributed by atoms with Crippen molar-refractivity contribution in [1.29, 1.82) is 5.26 Å². The molecule has 4 amide bonds. The van der Waals surface area contributed by atoms with Crippen LogP contribution in [-0.2, 0) is 14.3 Å². The second-order valence-corrected chi connectivity index (χ2v) is 5.74. The summed E-state index contributed by atoms with van der Waals surface area (Å²) in [5.74, 6) is -1.93. The Bertz CT molecular complexity index is 749. The van der Waals surface area contributed by atoms with Crippen molar-refractivity contribution in [3.63, 3.8) is 0 Å². The lowest BCUT2D eigenvalue weighted by atomic mass is 10.2. The molecule has 0 aromatic heterocycles. The van der Waals surface area contributed by atoms with E-state index in [-0.39, 0.29) is 18.0 Å². The highest BCUT2D eigenvalue weighted by Crippen LogP contribution is 2.18. The molecule has 0 spiro atoms. The highest BCUT2D eigenvalue weighted by molar-refractivity contribution is 5.99. The zero-order valence-electron chi connectivity index (χ0n) is 14.1. The second-order valence-electron chi connectivity index (χ2n) is 5.74. The minimum atomic E-state index is -1.15. The zero-order valence-corrected chi connectivity index (χ0v) is 14.1. The van der Waals surface area contributed by atoms with Crippen LogP contribution in [0.2, 0.25) is 0 Å². The number of imide groups is 1. The number of carbonyl (C=O) groups excluding carboxylic acids is 4. The number of ether oxygens (including phenoxy) is 1. The number of rotatable bonds is 6. The molecule has 1 aliphatic rings. The van der Waals surface area contributed by atoms with Crippen molar-refractivity contribution >= 4 is 29.5 Å². The monoisotopic (exact) mass is 358 g/mol. The Hall–Kier alpha value is -3.41. The van der Waals surface area contributed by atoms with E-state index in [1.165, 1.54) is 31.2 Å². The normalized spacial score (nSPS) is 13.7. The molecule has 0 saturated heterocycles. The van der Waals surface area contributed by atoms with Crippen molar-refractivity contribution in [2.24, 2.45) is 0 Å². The molecule has 0 heterocycles. The first-order chi connectivity index (χ1) is 12.4. The summed E-state index contributed by atoms with van der Waals surface area (Å²) in [7, 11) is 0. The number of nitrogens with zero attached hydrogens (tertiary/aromatic N) is 1. The van der Waals surface area contributed by atoms with E-state index in [0.29, 0.717) is 5.69 Å². The number of hydrogen-bond donors (Lipinski definition) is 3. The molecule has 1 aliphatic carbocycles. The maximum atomic E-state index is 12.0. The Labute approximate surface area is 149 Å². The van der Waals surface area contributed by atoms with E-state index >= 15 is 0 Å². The van der Waals surface area contributed by atoms with Crippen LogP contribution in [-0.4, -0.2) is 36.0 Å². The van der Waals surface area contributed by atoms with E-state index in [9.17, 15) is 19.2 Å². The van der Waals surface area contributed by atoms with Crippen LogP contribution in [0.5, 0.6) is 0 Å². The molecule has 0 aliphatic heterocycles. The number of nitrogens with one attached hydrogen (secondary N) is 3. The lowest BCUT2D eigenvalue weighted by Gasteiger charge is -2.13. The first-order valence-electron chi connectivity index (χ1n) is 7.98. The number of amides is 4. The van der Waals surface area contributed by atoms with Gasteiger partial charge in [0.1, 0.15) is 6.42 Å². The van der Waals surface area contributed by atoms with E-state index in [0.717, 1.165) is 12.8 Å². The lowest BCUT2D eigenvalue weighted by Crippen LogP contribution is -2.45. The van der Waals surface area contributed by atoms with Crippen molar-refractivity contribution in [3.8, 4) is 6.07 Å². The van der Waals surface area contributed by atoms with Gasteiger partial charge in [0.15, 0.2) is 6.10 Å². The average Bonchev–Trinajstić information content (AvgIpc) is 3.39. The minimum absolute atomic E-state index is 0.104. The maximum absolute atomic E-state index is 12.0. The Kier molecular flexibility index (Phi) is 6.27. The van der Waals surface area contributed by atoms with Crippen molar-refractivity contribution < 1.29 is 23.9 Å². The number of anilines is 1. The van der Waals surface area contributed by atoms with Crippen molar-refractivity contribution in [2.75, 3.05) is 5.32 Å². The van der Waals surface area contributed by atoms with E-state index < -0.39 is 29.9 Å². The third-order valence-electron chi connectivity index (χ3n) is 3.45. The van der Waals surface area contributed by atoms with Crippen LogP contribution >= 0.6 is 0 Å². The topological polar surface area (TPSA) is 137 Å². The van der Waals surface area contributed by atoms with Gasteiger partial charge in [0, 0.05) is 11.7 Å². The second kappa shape index (κ2) is 8.62.